The van der Waals surface area contributed by atoms with E-state index in [-0.39, 0.29) is 6.61 Å². The average molecular weight is 277 g/mol. The van der Waals surface area contributed by atoms with Crippen LogP contribution in [0.2, 0.25) is 0 Å². The normalized spacial score (nSPS) is 10.6. The molecule has 0 aliphatic rings. The summed E-state index contributed by atoms with van der Waals surface area (Å²) in [6.45, 7) is 5.14. The molecule has 0 unspecified atom stereocenters. The van der Waals surface area contributed by atoms with Crippen molar-refractivity contribution in [2.24, 2.45) is 5.73 Å². The van der Waals surface area contributed by atoms with E-state index in [0.29, 0.717) is 42.8 Å². The summed E-state index contributed by atoms with van der Waals surface area (Å²) >= 11 is 0. The van der Waals surface area contributed by atoms with Crippen molar-refractivity contribution in [3.63, 3.8) is 0 Å². The number of benzene rings is 1. The molecule has 0 bridgehead atoms. The zero-order valence-electron chi connectivity index (χ0n) is 11.8. The number of nitrogens with two attached hydrogens (primary N) is 1. The Labute approximate surface area is 117 Å². The predicted octanol–water partition coefficient (Wildman–Crippen LogP) is 2.07. The van der Waals surface area contributed by atoms with E-state index < -0.39 is 0 Å². The minimum Gasteiger partial charge on any atom is -0.490 e. The largest absolute Gasteiger partial charge is 0.490 e. The first-order chi connectivity index (χ1) is 9.76. The maximum atomic E-state index is 5.68. The van der Waals surface area contributed by atoms with Crippen molar-refractivity contribution in [2.75, 3.05) is 6.61 Å². The topological polar surface area (TPSA) is 83.4 Å². The van der Waals surface area contributed by atoms with Crippen LogP contribution in [0.4, 0.5) is 0 Å². The Balaban J connectivity index is 2.07. The van der Waals surface area contributed by atoms with Crippen molar-refractivity contribution in [2.45, 2.75) is 33.4 Å². The van der Waals surface area contributed by atoms with E-state index in [1.807, 2.05) is 32.0 Å². The third kappa shape index (κ3) is 3.48. The number of rotatable bonds is 7. The molecule has 0 radical (unpaired) electrons. The van der Waals surface area contributed by atoms with Crippen LogP contribution in [-0.4, -0.2) is 16.7 Å². The summed E-state index contributed by atoms with van der Waals surface area (Å²) in [6.07, 6.45) is 0.711. The second-order valence-electron chi connectivity index (χ2n) is 4.16. The van der Waals surface area contributed by atoms with Crippen molar-refractivity contribution >= 4 is 0 Å². The highest BCUT2D eigenvalue weighted by Crippen LogP contribution is 2.29. The van der Waals surface area contributed by atoms with Gasteiger partial charge in [0.15, 0.2) is 18.1 Å². The second-order valence-corrected chi connectivity index (χ2v) is 4.16. The van der Waals surface area contributed by atoms with Crippen LogP contribution in [0.25, 0.3) is 0 Å². The molecule has 20 heavy (non-hydrogen) atoms. The predicted molar refractivity (Wildman–Crippen MR) is 73.5 cm³/mol. The number of aromatic nitrogens is 2. The zero-order valence-corrected chi connectivity index (χ0v) is 11.8. The third-order valence-corrected chi connectivity index (χ3v) is 2.71. The van der Waals surface area contributed by atoms with E-state index in [1.54, 1.807) is 0 Å². The number of hydrogen-bond acceptors (Lipinski definition) is 6. The first-order valence-electron chi connectivity index (χ1n) is 6.66. The molecule has 2 aromatic rings. The molecule has 2 N–H and O–H groups in total. The van der Waals surface area contributed by atoms with Crippen LogP contribution >= 0.6 is 0 Å². The van der Waals surface area contributed by atoms with E-state index in [1.165, 1.54) is 0 Å². The van der Waals surface area contributed by atoms with Gasteiger partial charge in [0.2, 0.25) is 11.7 Å². The van der Waals surface area contributed by atoms with Gasteiger partial charge in [-0.1, -0.05) is 18.1 Å². The third-order valence-electron chi connectivity index (χ3n) is 2.71. The Morgan fingerprint density at radius 3 is 2.70 bits per heavy atom. The lowest BCUT2D eigenvalue weighted by molar-refractivity contribution is 0.258. The van der Waals surface area contributed by atoms with Gasteiger partial charge < -0.3 is 19.7 Å². The number of aryl methyl sites for hydroxylation is 1. The summed E-state index contributed by atoms with van der Waals surface area (Å²) in [4.78, 5) is 4.19. The van der Waals surface area contributed by atoms with Crippen LogP contribution < -0.4 is 15.2 Å². The van der Waals surface area contributed by atoms with Crippen molar-refractivity contribution in [1.29, 1.82) is 0 Å². The first-order valence-corrected chi connectivity index (χ1v) is 6.66. The molecule has 0 fully saturated rings. The number of nitrogens with zero attached hydrogens (tertiary/aromatic N) is 2. The van der Waals surface area contributed by atoms with Gasteiger partial charge >= 0.3 is 0 Å². The smallest absolute Gasteiger partial charge is 0.226 e. The Morgan fingerprint density at radius 1 is 1.20 bits per heavy atom. The molecular formula is C14H19N3O3. The Kier molecular flexibility index (Phi) is 4.95. The highest BCUT2D eigenvalue weighted by Gasteiger charge is 2.09. The minimum atomic E-state index is 0.242. The van der Waals surface area contributed by atoms with Gasteiger partial charge in [0.05, 0.1) is 6.61 Å². The Morgan fingerprint density at radius 2 is 2.05 bits per heavy atom. The van der Waals surface area contributed by atoms with Crippen LogP contribution in [0.15, 0.2) is 22.7 Å². The SMILES string of the molecule is CCOc1cc(CN)ccc1OCc1noc(CC)n1. The fraction of sp³-hybridized carbons (Fsp3) is 0.429. The molecule has 0 amide bonds. The molecule has 6 heteroatoms. The van der Waals surface area contributed by atoms with Crippen LogP contribution in [0.1, 0.15) is 31.1 Å². The monoisotopic (exact) mass is 277 g/mol. The fourth-order valence-corrected chi connectivity index (χ4v) is 1.70. The van der Waals surface area contributed by atoms with Gasteiger partial charge in [-0.3, -0.25) is 0 Å². The molecular weight excluding hydrogens is 258 g/mol. The Bertz CT molecular complexity index is 554. The molecule has 1 aromatic heterocycles. The highest BCUT2D eigenvalue weighted by molar-refractivity contribution is 5.43. The van der Waals surface area contributed by atoms with Gasteiger partial charge in [-0.15, -0.1) is 0 Å². The minimum absolute atomic E-state index is 0.242. The summed E-state index contributed by atoms with van der Waals surface area (Å²) in [6, 6.07) is 5.63. The number of hydrogen-bond donors (Lipinski definition) is 1. The van der Waals surface area contributed by atoms with Crippen LogP contribution in [-0.2, 0) is 19.6 Å². The summed E-state index contributed by atoms with van der Waals surface area (Å²) < 4.78 is 16.3. The van der Waals surface area contributed by atoms with Crippen molar-refractivity contribution in [3.05, 3.63) is 35.5 Å². The second kappa shape index (κ2) is 6.91. The summed E-state index contributed by atoms with van der Waals surface area (Å²) in [5.74, 6) is 2.45. The van der Waals surface area contributed by atoms with Crippen molar-refractivity contribution in [3.8, 4) is 11.5 Å². The van der Waals surface area contributed by atoms with E-state index >= 15 is 0 Å². The van der Waals surface area contributed by atoms with E-state index in [2.05, 4.69) is 10.1 Å². The fourth-order valence-electron chi connectivity index (χ4n) is 1.70. The van der Waals surface area contributed by atoms with Gasteiger partial charge in [0, 0.05) is 13.0 Å². The molecule has 108 valence electrons. The molecule has 0 spiro atoms. The molecule has 2 rings (SSSR count). The van der Waals surface area contributed by atoms with Gasteiger partial charge in [0.25, 0.3) is 0 Å². The van der Waals surface area contributed by atoms with Gasteiger partial charge in [-0.25, -0.2) is 0 Å². The Hall–Kier alpha value is -2.08. The molecule has 1 aromatic carbocycles. The van der Waals surface area contributed by atoms with E-state index in [0.717, 1.165) is 5.56 Å². The average Bonchev–Trinajstić information content (AvgIpc) is 2.94. The summed E-state index contributed by atoms with van der Waals surface area (Å²) in [5.41, 5.74) is 6.61. The molecule has 1 heterocycles. The van der Waals surface area contributed by atoms with E-state index in [9.17, 15) is 0 Å². The maximum Gasteiger partial charge on any atom is 0.226 e. The lowest BCUT2D eigenvalue weighted by Gasteiger charge is -2.11. The van der Waals surface area contributed by atoms with Crippen molar-refractivity contribution in [1.82, 2.24) is 10.1 Å². The van der Waals surface area contributed by atoms with E-state index in [4.69, 9.17) is 19.7 Å². The van der Waals surface area contributed by atoms with Crippen LogP contribution in [0.3, 0.4) is 0 Å². The molecule has 0 saturated heterocycles. The molecule has 0 atom stereocenters. The van der Waals surface area contributed by atoms with Crippen LogP contribution in [0, 0.1) is 0 Å². The lowest BCUT2D eigenvalue weighted by atomic mass is 10.2. The number of ether oxygens (including phenoxy) is 2. The highest BCUT2D eigenvalue weighted by atomic mass is 16.5. The molecule has 0 aliphatic carbocycles. The standard InChI is InChI=1S/C14H19N3O3/c1-3-14-16-13(17-20-14)9-19-11-6-5-10(8-15)7-12(11)18-4-2/h5-7H,3-4,8-9,15H2,1-2H3. The summed E-state index contributed by atoms with van der Waals surface area (Å²) in [7, 11) is 0. The van der Waals surface area contributed by atoms with Gasteiger partial charge in [0.1, 0.15) is 0 Å². The summed E-state index contributed by atoms with van der Waals surface area (Å²) in [5, 5.41) is 3.84. The first kappa shape index (κ1) is 14.3. The van der Waals surface area contributed by atoms with Gasteiger partial charge in [-0.05, 0) is 24.6 Å². The molecule has 0 aliphatic heterocycles. The van der Waals surface area contributed by atoms with Crippen LogP contribution in [0.5, 0.6) is 11.5 Å². The quantitative estimate of drug-likeness (QED) is 0.834. The molecule has 0 saturated carbocycles. The van der Waals surface area contributed by atoms with Gasteiger partial charge in [-0.2, -0.15) is 4.98 Å². The zero-order chi connectivity index (χ0) is 14.4. The maximum absolute atomic E-state index is 5.68. The van der Waals surface area contributed by atoms with Crippen molar-refractivity contribution < 1.29 is 14.0 Å². The molecule has 6 nitrogen and oxygen atoms in total. The lowest BCUT2D eigenvalue weighted by Crippen LogP contribution is -2.03.